The molecule has 1 rings (SSSR count). The third kappa shape index (κ3) is 3.68. The molecule has 1 unspecified atom stereocenters. The van der Waals surface area contributed by atoms with Crippen LogP contribution in [0.2, 0.25) is 0 Å². The molecule has 0 bridgehead atoms. The van der Waals surface area contributed by atoms with Crippen molar-refractivity contribution in [1.82, 2.24) is 0 Å². The van der Waals surface area contributed by atoms with E-state index in [0.717, 1.165) is 27.7 Å². The van der Waals surface area contributed by atoms with Gasteiger partial charge in [-0.05, 0) is 49.9 Å². The first-order valence-electron chi connectivity index (χ1n) is 4.92. The zero-order valence-corrected chi connectivity index (χ0v) is 12.1. The maximum Gasteiger partial charge on any atom is 0.147 e. The van der Waals surface area contributed by atoms with Crippen LogP contribution in [-0.2, 0) is 0 Å². The van der Waals surface area contributed by atoms with Gasteiger partial charge in [-0.15, -0.1) is 0 Å². The second-order valence-electron chi connectivity index (χ2n) is 3.64. The largest absolute Gasteiger partial charge is 0.491 e. The van der Waals surface area contributed by atoms with Crippen LogP contribution in [-0.4, -0.2) is 6.61 Å². The van der Waals surface area contributed by atoms with Crippen molar-refractivity contribution < 1.29 is 4.74 Å². The predicted molar refractivity (Wildman–Crippen MR) is 71.2 cm³/mol. The highest BCUT2D eigenvalue weighted by Gasteiger charge is 2.09. The summed E-state index contributed by atoms with van der Waals surface area (Å²) in [5, 5.41) is 0. The number of halogens is 2. The number of ether oxygens (including phenoxy) is 1. The Morgan fingerprint density at radius 2 is 1.87 bits per heavy atom. The van der Waals surface area contributed by atoms with Crippen LogP contribution in [0.1, 0.15) is 20.3 Å². The Morgan fingerprint density at radius 3 is 2.33 bits per heavy atom. The molecule has 0 heterocycles. The first-order valence-corrected chi connectivity index (χ1v) is 6.50. The fourth-order valence-corrected chi connectivity index (χ4v) is 2.51. The monoisotopic (exact) mass is 335 g/mol. The molecule has 0 fully saturated rings. The number of nitrogen functional groups attached to an aromatic ring is 1. The van der Waals surface area contributed by atoms with Gasteiger partial charge in [0.1, 0.15) is 5.75 Å². The van der Waals surface area contributed by atoms with Gasteiger partial charge in [-0.1, -0.05) is 20.3 Å². The number of hydrogen-bond donors (Lipinski definition) is 1. The highest BCUT2D eigenvalue weighted by molar-refractivity contribution is 9.11. The molecule has 4 heteroatoms. The Balaban J connectivity index is 2.77. The van der Waals surface area contributed by atoms with Crippen molar-refractivity contribution in [3.05, 3.63) is 21.1 Å². The topological polar surface area (TPSA) is 35.2 Å². The highest BCUT2D eigenvalue weighted by atomic mass is 79.9. The van der Waals surface area contributed by atoms with Crippen LogP contribution in [0.4, 0.5) is 5.69 Å². The van der Waals surface area contributed by atoms with Crippen LogP contribution in [0, 0.1) is 5.92 Å². The molecule has 15 heavy (non-hydrogen) atoms. The zero-order valence-electron chi connectivity index (χ0n) is 8.89. The van der Waals surface area contributed by atoms with Crippen molar-refractivity contribution in [1.29, 1.82) is 0 Å². The van der Waals surface area contributed by atoms with E-state index in [4.69, 9.17) is 10.5 Å². The molecule has 1 atom stereocenters. The third-order valence-corrected chi connectivity index (χ3v) is 3.41. The smallest absolute Gasteiger partial charge is 0.147 e. The fraction of sp³-hybridized carbons (Fsp3) is 0.455. The average Bonchev–Trinajstić information content (AvgIpc) is 2.15. The summed E-state index contributed by atoms with van der Waals surface area (Å²) < 4.78 is 7.50. The molecule has 0 spiro atoms. The molecule has 0 radical (unpaired) electrons. The number of anilines is 1. The van der Waals surface area contributed by atoms with Gasteiger partial charge in [-0.2, -0.15) is 0 Å². The van der Waals surface area contributed by atoms with Gasteiger partial charge in [-0.25, -0.2) is 0 Å². The summed E-state index contributed by atoms with van der Waals surface area (Å²) in [6, 6.07) is 3.69. The van der Waals surface area contributed by atoms with Crippen LogP contribution >= 0.6 is 31.9 Å². The lowest BCUT2D eigenvalue weighted by atomic mass is 10.1. The summed E-state index contributed by atoms with van der Waals surface area (Å²) in [4.78, 5) is 0. The quantitative estimate of drug-likeness (QED) is 0.835. The Bertz CT molecular complexity index is 318. The van der Waals surface area contributed by atoms with Crippen molar-refractivity contribution in [2.75, 3.05) is 12.3 Å². The molecule has 0 aliphatic carbocycles. The van der Waals surface area contributed by atoms with Crippen molar-refractivity contribution in [2.45, 2.75) is 20.3 Å². The normalized spacial score (nSPS) is 12.5. The Hall–Kier alpha value is -0.220. The molecule has 0 aromatic heterocycles. The number of rotatable bonds is 4. The van der Waals surface area contributed by atoms with Crippen molar-refractivity contribution in [3.63, 3.8) is 0 Å². The van der Waals surface area contributed by atoms with E-state index in [9.17, 15) is 0 Å². The third-order valence-electron chi connectivity index (χ3n) is 2.23. The van der Waals surface area contributed by atoms with Gasteiger partial charge in [0.25, 0.3) is 0 Å². The minimum absolute atomic E-state index is 0.557. The van der Waals surface area contributed by atoms with Gasteiger partial charge in [0.05, 0.1) is 15.6 Å². The maximum atomic E-state index is 5.73. The molecule has 0 aliphatic rings. The first kappa shape index (κ1) is 12.8. The first-order chi connectivity index (χ1) is 7.04. The molecule has 2 N–H and O–H groups in total. The number of benzene rings is 1. The average molecular weight is 337 g/mol. The minimum atomic E-state index is 0.557. The van der Waals surface area contributed by atoms with Gasteiger partial charge >= 0.3 is 0 Å². The molecule has 0 aliphatic heterocycles. The fourth-order valence-electron chi connectivity index (χ4n) is 1.06. The second-order valence-corrected chi connectivity index (χ2v) is 5.35. The van der Waals surface area contributed by atoms with E-state index in [1.54, 1.807) is 0 Å². The molecule has 0 saturated heterocycles. The molecule has 0 amide bonds. The molecular weight excluding hydrogens is 322 g/mol. The molecule has 1 aromatic rings. The predicted octanol–water partition coefficient (Wildman–Crippen LogP) is 4.22. The minimum Gasteiger partial charge on any atom is -0.491 e. The van der Waals surface area contributed by atoms with E-state index in [0.29, 0.717) is 11.6 Å². The van der Waals surface area contributed by atoms with Crippen molar-refractivity contribution >= 4 is 37.5 Å². The lowest BCUT2D eigenvalue weighted by Gasteiger charge is -2.14. The van der Waals surface area contributed by atoms with Gasteiger partial charge in [-0.3, -0.25) is 0 Å². The highest BCUT2D eigenvalue weighted by Crippen LogP contribution is 2.35. The summed E-state index contributed by atoms with van der Waals surface area (Å²) >= 11 is 6.87. The lowest BCUT2D eigenvalue weighted by Crippen LogP contribution is -2.08. The summed E-state index contributed by atoms with van der Waals surface area (Å²) in [5.74, 6) is 1.38. The maximum absolute atomic E-state index is 5.73. The van der Waals surface area contributed by atoms with E-state index < -0.39 is 0 Å². The molecule has 1 aromatic carbocycles. The van der Waals surface area contributed by atoms with Crippen LogP contribution in [0.3, 0.4) is 0 Å². The van der Waals surface area contributed by atoms with Crippen LogP contribution in [0.5, 0.6) is 5.75 Å². The SMILES string of the molecule is CCC(C)COc1c(Br)cc(N)cc1Br. The van der Waals surface area contributed by atoms with Gasteiger partial charge in [0.2, 0.25) is 0 Å². The summed E-state index contributed by atoms with van der Waals surface area (Å²) in [6.45, 7) is 5.04. The summed E-state index contributed by atoms with van der Waals surface area (Å²) in [6.07, 6.45) is 1.12. The van der Waals surface area contributed by atoms with Crippen molar-refractivity contribution in [2.24, 2.45) is 5.92 Å². The van der Waals surface area contributed by atoms with E-state index >= 15 is 0 Å². The van der Waals surface area contributed by atoms with Crippen molar-refractivity contribution in [3.8, 4) is 5.75 Å². The van der Waals surface area contributed by atoms with Gasteiger partial charge in [0.15, 0.2) is 0 Å². The zero-order chi connectivity index (χ0) is 11.4. The van der Waals surface area contributed by atoms with E-state index in [-0.39, 0.29) is 0 Å². The van der Waals surface area contributed by atoms with Crippen LogP contribution in [0.15, 0.2) is 21.1 Å². The molecule has 0 saturated carbocycles. The molecule has 2 nitrogen and oxygen atoms in total. The Labute approximate surface area is 107 Å². The van der Waals surface area contributed by atoms with E-state index in [1.165, 1.54) is 0 Å². The Morgan fingerprint density at radius 1 is 1.33 bits per heavy atom. The number of hydrogen-bond acceptors (Lipinski definition) is 2. The lowest BCUT2D eigenvalue weighted by molar-refractivity contribution is 0.254. The molecule has 84 valence electrons. The van der Waals surface area contributed by atoms with Gasteiger partial charge in [0, 0.05) is 5.69 Å². The summed E-state index contributed by atoms with van der Waals surface area (Å²) in [7, 11) is 0. The van der Waals surface area contributed by atoms with Crippen LogP contribution < -0.4 is 10.5 Å². The standard InChI is InChI=1S/C11H15Br2NO/c1-3-7(2)6-15-11-9(12)4-8(14)5-10(11)13/h4-5,7H,3,6,14H2,1-2H3. The van der Waals surface area contributed by atoms with E-state index in [1.807, 2.05) is 12.1 Å². The van der Waals surface area contributed by atoms with Crippen LogP contribution in [0.25, 0.3) is 0 Å². The second kappa shape index (κ2) is 5.75. The van der Waals surface area contributed by atoms with E-state index in [2.05, 4.69) is 45.7 Å². The molecular formula is C11H15Br2NO. The number of nitrogens with two attached hydrogens (primary N) is 1. The van der Waals surface area contributed by atoms with Gasteiger partial charge < -0.3 is 10.5 Å². The Kier molecular flexibility index (Phi) is 4.93. The summed E-state index contributed by atoms with van der Waals surface area (Å²) in [5.41, 5.74) is 6.41.